The number of amides is 1. The van der Waals surface area contributed by atoms with Gasteiger partial charge < -0.3 is 14.5 Å². The number of halogens is 2. The molecule has 7 heteroatoms. The number of carbonyl (C=O) groups excluding carboxylic acids is 1. The molecule has 5 nitrogen and oxygen atoms in total. The van der Waals surface area contributed by atoms with Crippen molar-refractivity contribution in [3.63, 3.8) is 0 Å². The van der Waals surface area contributed by atoms with Gasteiger partial charge in [0.15, 0.2) is 11.5 Å². The highest BCUT2D eigenvalue weighted by molar-refractivity contribution is 6.33. The molecule has 1 saturated heterocycles. The van der Waals surface area contributed by atoms with E-state index in [1.165, 1.54) is 11.0 Å². The second-order valence-electron chi connectivity index (χ2n) is 5.18. The number of aliphatic hydroxyl groups is 1. The number of rotatable bonds is 3. The number of aliphatic hydroxyl groups excluding tert-OH is 1. The van der Waals surface area contributed by atoms with E-state index in [9.17, 15) is 14.3 Å². The summed E-state index contributed by atoms with van der Waals surface area (Å²) in [6.45, 7) is -0.320. The normalized spacial score (nSPS) is 21.3. The highest BCUT2D eigenvalue weighted by atomic mass is 35.5. The highest BCUT2D eigenvalue weighted by Crippen LogP contribution is 2.29. The first-order valence-corrected chi connectivity index (χ1v) is 7.25. The third-order valence-corrected chi connectivity index (χ3v) is 4.03. The van der Waals surface area contributed by atoms with Gasteiger partial charge in [0.05, 0.1) is 24.2 Å². The SMILES string of the molecule is O=C(c1cc(-c2ccccc2Cl)on1)N1C[C@@H](F)C[C@H]1CO. The molecule has 1 amide bonds. The van der Waals surface area contributed by atoms with Crippen molar-refractivity contribution in [3.05, 3.63) is 41.0 Å². The van der Waals surface area contributed by atoms with E-state index in [1.807, 2.05) is 0 Å². The summed E-state index contributed by atoms with van der Waals surface area (Å²) >= 11 is 6.07. The van der Waals surface area contributed by atoms with Crippen molar-refractivity contribution in [2.45, 2.75) is 18.6 Å². The molecule has 1 N–H and O–H groups in total. The molecule has 2 heterocycles. The molecule has 0 spiro atoms. The van der Waals surface area contributed by atoms with Crippen molar-refractivity contribution in [3.8, 4) is 11.3 Å². The van der Waals surface area contributed by atoms with Crippen LogP contribution in [0.25, 0.3) is 11.3 Å². The Labute approximate surface area is 131 Å². The fourth-order valence-corrected chi connectivity index (χ4v) is 2.82. The topological polar surface area (TPSA) is 66.6 Å². The summed E-state index contributed by atoms with van der Waals surface area (Å²) in [7, 11) is 0. The molecule has 1 aromatic heterocycles. The van der Waals surface area contributed by atoms with Gasteiger partial charge >= 0.3 is 0 Å². The van der Waals surface area contributed by atoms with Crippen LogP contribution < -0.4 is 0 Å². The van der Waals surface area contributed by atoms with Crippen LogP contribution in [0.2, 0.25) is 5.02 Å². The maximum absolute atomic E-state index is 13.4. The zero-order valence-electron chi connectivity index (χ0n) is 11.6. The Morgan fingerprint density at radius 1 is 1.50 bits per heavy atom. The van der Waals surface area contributed by atoms with Crippen molar-refractivity contribution in [1.29, 1.82) is 0 Å². The Kier molecular flexibility index (Phi) is 4.13. The van der Waals surface area contributed by atoms with E-state index in [2.05, 4.69) is 5.16 Å². The first kappa shape index (κ1) is 15.0. The van der Waals surface area contributed by atoms with Crippen LogP contribution in [0.4, 0.5) is 4.39 Å². The molecule has 2 aromatic rings. The summed E-state index contributed by atoms with van der Waals surface area (Å²) in [5.41, 5.74) is 0.696. The van der Waals surface area contributed by atoms with Gasteiger partial charge in [-0.15, -0.1) is 0 Å². The third-order valence-electron chi connectivity index (χ3n) is 3.70. The molecule has 116 valence electrons. The number of hydrogen-bond donors (Lipinski definition) is 1. The van der Waals surface area contributed by atoms with E-state index in [4.69, 9.17) is 16.1 Å². The van der Waals surface area contributed by atoms with Crippen LogP contribution in [-0.4, -0.2) is 46.4 Å². The predicted molar refractivity (Wildman–Crippen MR) is 78.4 cm³/mol. The molecule has 0 aliphatic carbocycles. The molecular formula is C15H14ClFN2O3. The minimum atomic E-state index is -1.13. The Hall–Kier alpha value is -1.92. The molecule has 22 heavy (non-hydrogen) atoms. The van der Waals surface area contributed by atoms with E-state index in [1.54, 1.807) is 24.3 Å². The zero-order valence-corrected chi connectivity index (χ0v) is 12.3. The van der Waals surface area contributed by atoms with Crippen molar-refractivity contribution in [2.75, 3.05) is 13.2 Å². The Balaban J connectivity index is 1.85. The molecule has 1 aliphatic rings. The number of benzene rings is 1. The summed E-state index contributed by atoms with van der Waals surface area (Å²) in [6, 6.07) is 7.98. The number of aromatic nitrogens is 1. The molecule has 1 aromatic carbocycles. The number of carbonyl (C=O) groups is 1. The molecule has 1 fully saturated rings. The molecule has 0 saturated carbocycles. The quantitative estimate of drug-likeness (QED) is 0.942. The average Bonchev–Trinajstić information content (AvgIpc) is 3.13. The van der Waals surface area contributed by atoms with Crippen LogP contribution in [0.3, 0.4) is 0 Å². The zero-order chi connectivity index (χ0) is 15.7. The lowest BCUT2D eigenvalue weighted by atomic mass is 10.1. The number of alkyl halides is 1. The van der Waals surface area contributed by atoms with Gasteiger partial charge in [0.1, 0.15) is 6.17 Å². The van der Waals surface area contributed by atoms with Gasteiger partial charge in [-0.25, -0.2) is 4.39 Å². The van der Waals surface area contributed by atoms with Gasteiger partial charge in [-0.1, -0.05) is 28.9 Å². The van der Waals surface area contributed by atoms with E-state index in [0.717, 1.165) is 0 Å². The molecule has 1 aliphatic heterocycles. The van der Waals surface area contributed by atoms with Gasteiger partial charge in [-0.2, -0.15) is 0 Å². The van der Waals surface area contributed by atoms with Crippen molar-refractivity contribution < 1.29 is 18.8 Å². The second kappa shape index (κ2) is 6.06. The Bertz CT molecular complexity index is 691. The summed E-state index contributed by atoms with van der Waals surface area (Å²) in [6.07, 6.45) is -0.992. The van der Waals surface area contributed by atoms with Gasteiger partial charge in [-0.05, 0) is 12.1 Å². The number of likely N-dealkylation sites (tertiary alicyclic amines) is 1. The largest absolute Gasteiger partial charge is 0.394 e. The summed E-state index contributed by atoms with van der Waals surface area (Å²) in [5.74, 6) is -0.0910. The summed E-state index contributed by atoms with van der Waals surface area (Å²) in [4.78, 5) is 13.7. The van der Waals surface area contributed by atoms with Crippen LogP contribution in [0, 0.1) is 0 Å². The lowest BCUT2D eigenvalue weighted by Gasteiger charge is -2.20. The molecular weight excluding hydrogens is 311 g/mol. The third kappa shape index (κ3) is 2.71. The summed E-state index contributed by atoms with van der Waals surface area (Å²) in [5, 5.41) is 13.5. The van der Waals surface area contributed by atoms with Crippen molar-refractivity contribution in [1.82, 2.24) is 10.1 Å². The smallest absolute Gasteiger partial charge is 0.276 e. The maximum atomic E-state index is 13.4. The lowest BCUT2D eigenvalue weighted by Crippen LogP contribution is -2.38. The van der Waals surface area contributed by atoms with E-state index in [0.29, 0.717) is 16.3 Å². The number of hydrogen-bond acceptors (Lipinski definition) is 4. The highest BCUT2D eigenvalue weighted by Gasteiger charge is 2.36. The monoisotopic (exact) mass is 324 g/mol. The van der Waals surface area contributed by atoms with E-state index >= 15 is 0 Å². The van der Waals surface area contributed by atoms with Crippen LogP contribution in [0.15, 0.2) is 34.9 Å². The Morgan fingerprint density at radius 3 is 3.00 bits per heavy atom. The molecule has 0 bridgehead atoms. The van der Waals surface area contributed by atoms with Crippen LogP contribution in [0.1, 0.15) is 16.9 Å². The van der Waals surface area contributed by atoms with E-state index in [-0.39, 0.29) is 25.3 Å². The summed E-state index contributed by atoms with van der Waals surface area (Å²) < 4.78 is 18.6. The lowest BCUT2D eigenvalue weighted by molar-refractivity contribution is 0.0662. The first-order chi connectivity index (χ1) is 10.6. The number of nitrogens with zero attached hydrogens (tertiary/aromatic N) is 2. The fraction of sp³-hybridized carbons (Fsp3) is 0.333. The van der Waals surface area contributed by atoms with Crippen molar-refractivity contribution in [2.24, 2.45) is 0 Å². The van der Waals surface area contributed by atoms with Gasteiger partial charge in [0.25, 0.3) is 5.91 Å². The average molecular weight is 325 g/mol. The standard InChI is InChI=1S/C15H14ClFN2O3/c16-12-4-2-1-3-11(12)14-6-13(18-22-14)15(21)19-7-9(17)5-10(19)8-20/h1-4,6,9-10,20H,5,7-8H2/t9-,10-/m0/s1. The molecule has 3 rings (SSSR count). The van der Waals surface area contributed by atoms with Gasteiger partial charge in [0, 0.05) is 18.1 Å². The van der Waals surface area contributed by atoms with Gasteiger partial charge in [-0.3, -0.25) is 4.79 Å². The fourth-order valence-electron chi connectivity index (χ4n) is 2.59. The second-order valence-corrected chi connectivity index (χ2v) is 5.59. The van der Waals surface area contributed by atoms with Crippen molar-refractivity contribution >= 4 is 17.5 Å². The molecule has 2 atom stereocenters. The molecule has 0 radical (unpaired) electrons. The maximum Gasteiger partial charge on any atom is 0.276 e. The Morgan fingerprint density at radius 2 is 2.27 bits per heavy atom. The molecule has 0 unspecified atom stereocenters. The first-order valence-electron chi connectivity index (χ1n) is 6.87. The van der Waals surface area contributed by atoms with Gasteiger partial charge in [0.2, 0.25) is 0 Å². The minimum Gasteiger partial charge on any atom is -0.394 e. The minimum absolute atomic E-state index is 0.0433. The predicted octanol–water partition coefficient (Wildman–Crippen LogP) is 2.54. The van der Waals surface area contributed by atoms with E-state index < -0.39 is 18.1 Å². The van der Waals surface area contributed by atoms with Crippen LogP contribution in [0.5, 0.6) is 0 Å². The van der Waals surface area contributed by atoms with Crippen LogP contribution in [-0.2, 0) is 0 Å². The van der Waals surface area contributed by atoms with Crippen LogP contribution >= 0.6 is 11.6 Å².